The molecule has 0 atom stereocenters. The molecule has 0 saturated carbocycles. The maximum atomic E-state index is 11.9. The van der Waals surface area contributed by atoms with Gasteiger partial charge in [0.2, 0.25) is 0 Å². The molecule has 4 N–H and O–H groups in total. The summed E-state index contributed by atoms with van der Waals surface area (Å²) in [4.78, 5) is 11.9. The van der Waals surface area contributed by atoms with Crippen molar-refractivity contribution < 1.29 is 9.90 Å². The van der Waals surface area contributed by atoms with Gasteiger partial charge in [0, 0.05) is 12.1 Å². The van der Waals surface area contributed by atoms with Crippen molar-refractivity contribution in [2.24, 2.45) is 5.73 Å². The van der Waals surface area contributed by atoms with Crippen molar-refractivity contribution in [3.63, 3.8) is 0 Å². The average molecular weight is 250 g/mol. The molecule has 18 heavy (non-hydrogen) atoms. The molecule has 0 spiro atoms. The number of phenols is 1. The molecular weight excluding hydrogens is 228 g/mol. The van der Waals surface area contributed by atoms with Gasteiger partial charge >= 0.3 is 0 Å². The fourth-order valence-electron chi connectivity index (χ4n) is 1.82. The summed E-state index contributed by atoms with van der Waals surface area (Å²) >= 11 is 0. The van der Waals surface area contributed by atoms with Crippen molar-refractivity contribution in [2.75, 3.05) is 13.1 Å². The molecule has 0 aliphatic heterocycles. The van der Waals surface area contributed by atoms with E-state index >= 15 is 0 Å². The molecule has 0 aliphatic carbocycles. The molecule has 0 heterocycles. The summed E-state index contributed by atoms with van der Waals surface area (Å²) in [5.41, 5.74) is 6.81. The minimum atomic E-state index is -0.0775. The van der Waals surface area contributed by atoms with Crippen molar-refractivity contribution in [3.05, 3.63) is 29.3 Å². The summed E-state index contributed by atoms with van der Waals surface area (Å²) in [7, 11) is 0. The monoisotopic (exact) mass is 250 g/mol. The molecule has 4 nitrogen and oxygen atoms in total. The fraction of sp³-hybridized carbons (Fsp3) is 0.500. The van der Waals surface area contributed by atoms with Gasteiger partial charge in [0.1, 0.15) is 5.75 Å². The Morgan fingerprint density at radius 1 is 1.28 bits per heavy atom. The number of benzene rings is 1. The van der Waals surface area contributed by atoms with Crippen LogP contribution < -0.4 is 11.1 Å². The van der Waals surface area contributed by atoms with Crippen LogP contribution >= 0.6 is 0 Å². The molecule has 0 radical (unpaired) electrons. The number of rotatable bonds is 7. The van der Waals surface area contributed by atoms with Gasteiger partial charge in [-0.1, -0.05) is 12.8 Å². The maximum Gasteiger partial charge on any atom is 0.251 e. The van der Waals surface area contributed by atoms with E-state index in [0.29, 0.717) is 12.1 Å². The van der Waals surface area contributed by atoms with Gasteiger partial charge < -0.3 is 16.2 Å². The molecule has 0 aliphatic rings. The predicted molar refractivity (Wildman–Crippen MR) is 72.7 cm³/mol. The Kier molecular flexibility index (Phi) is 6.22. The zero-order chi connectivity index (χ0) is 13.4. The molecule has 0 unspecified atom stereocenters. The normalized spacial score (nSPS) is 10.3. The highest BCUT2D eigenvalue weighted by molar-refractivity contribution is 5.95. The Hall–Kier alpha value is -1.55. The second-order valence-corrected chi connectivity index (χ2v) is 4.46. The molecule has 1 amide bonds. The van der Waals surface area contributed by atoms with Crippen LogP contribution in [0.3, 0.4) is 0 Å². The first-order chi connectivity index (χ1) is 8.65. The van der Waals surface area contributed by atoms with Crippen LogP contribution in [0.2, 0.25) is 0 Å². The van der Waals surface area contributed by atoms with Crippen molar-refractivity contribution in [2.45, 2.75) is 32.6 Å². The zero-order valence-corrected chi connectivity index (χ0v) is 10.9. The minimum Gasteiger partial charge on any atom is -0.508 e. The highest BCUT2D eigenvalue weighted by atomic mass is 16.3. The molecule has 1 aromatic rings. The van der Waals surface area contributed by atoms with Crippen molar-refractivity contribution >= 4 is 5.91 Å². The van der Waals surface area contributed by atoms with E-state index in [1.165, 1.54) is 6.07 Å². The van der Waals surface area contributed by atoms with Gasteiger partial charge in [0.15, 0.2) is 0 Å². The first-order valence-corrected chi connectivity index (χ1v) is 6.43. The van der Waals surface area contributed by atoms with Crippen molar-refractivity contribution in [3.8, 4) is 5.75 Å². The quantitative estimate of drug-likeness (QED) is 0.647. The van der Waals surface area contributed by atoms with E-state index in [1.807, 2.05) is 6.92 Å². The largest absolute Gasteiger partial charge is 0.508 e. The van der Waals surface area contributed by atoms with Gasteiger partial charge in [0.25, 0.3) is 5.91 Å². The zero-order valence-electron chi connectivity index (χ0n) is 10.9. The Morgan fingerprint density at radius 2 is 2.00 bits per heavy atom. The molecule has 0 saturated heterocycles. The highest BCUT2D eigenvalue weighted by Crippen LogP contribution is 2.15. The number of hydrogen-bond donors (Lipinski definition) is 3. The number of phenolic OH excluding ortho intramolecular Hbond substituents is 1. The van der Waals surface area contributed by atoms with Crippen LogP contribution in [0.5, 0.6) is 5.75 Å². The van der Waals surface area contributed by atoms with Gasteiger partial charge in [-0.25, -0.2) is 0 Å². The maximum absolute atomic E-state index is 11.9. The summed E-state index contributed by atoms with van der Waals surface area (Å²) < 4.78 is 0. The summed E-state index contributed by atoms with van der Waals surface area (Å²) in [6.45, 7) is 3.23. The lowest BCUT2D eigenvalue weighted by molar-refractivity contribution is 0.0952. The lowest BCUT2D eigenvalue weighted by Gasteiger charge is -2.08. The molecular formula is C14H22N2O2. The molecule has 100 valence electrons. The number of amides is 1. The van der Waals surface area contributed by atoms with Gasteiger partial charge in [-0.3, -0.25) is 4.79 Å². The standard InChI is InChI=1S/C14H22N2O2/c1-11-10-12(17)6-7-13(11)14(18)16-9-5-3-2-4-8-15/h6-7,10,17H,2-5,8-9,15H2,1H3,(H,16,18). The summed E-state index contributed by atoms with van der Waals surface area (Å²) in [6.07, 6.45) is 4.23. The number of carbonyl (C=O) groups is 1. The third-order valence-electron chi connectivity index (χ3n) is 2.87. The number of nitrogens with two attached hydrogens (primary N) is 1. The Labute approximate surface area is 108 Å². The van der Waals surface area contributed by atoms with E-state index < -0.39 is 0 Å². The fourth-order valence-corrected chi connectivity index (χ4v) is 1.82. The molecule has 4 heteroatoms. The van der Waals surface area contributed by atoms with Gasteiger partial charge in [-0.05, 0) is 50.1 Å². The third-order valence-corrected chi connectivity index (χ3v) is 2.87. The van der Waals surface area contributed by atoms with Crippen LogP contribution in [0.4, 0.5) is 0 Å². The molecule has 1 aromatic carbocycles. The van der Waals surface area contributed by atoms with Crippen LogP contribution in [0, 0.1) is 6.92 Å². The Balaban J connectivity index is 2.32. The predicted octanol–water partition coefficient (Wildman–Crippen LogP) is 1.95. The number of aromatic hydroxyl groups is 1. The minimum absolute atomic E-state index is 0.0775. The second-order valence-electron chi connectivity index (χ2n) is 4.46. The lowest BCUT2D eigenvalue weighted by Crippen LogP contribution is -2.25. The lowest BCUT2D eigenvalue weighted by atomic mass is 10.1. The summed E-state index contributed by atoms with van der Waals surface area (Å²) in [5.74, 6) is 0.108. The first-order valence-electron chi connectivity index (χ1n) is 6.43. The van der Waals surface area contributed by atoms with Crippen LogP contribution in [-0.4, -0.2) is 24.1 Å². The van der Waals surface area contributed by atoms with Crippen molar-refractivity contribution in [1.29, 1.82) is 0 Å². The number of carbonyl (C=O) groups excluding carboxylic acids is 1. The first kappa shape index (κ1) is 14.5. The molecule has 0 fully saturated rings. The highest BCUT2D eigenvalue weighted by Gasteiger charge is 2.08. The number of hydrogen-bond acceptors (Lipinski definition) is 3. The Morgan fingerprint density at radius 3 is 2.67 bits per heavy atom. The van der Waals surface area contributed by atoms with E-state index in [0.717, 1.165) is 37.8 Å². The number of unbranched alkanes of at least 4 members (excludes halogenated alkanes) is 3. The van der Waals surface area contributed by atoms with Crippen LogP contribution in [0.15, 0.2) is 18.2 Å². The van der Waals surface area contributed by atoms with E-state index in [4.69, 9.17) is 5.73 Å². The van der Waals surface area contributed by atoms with Crippen molar-refractivity contribution in [1.82, 2.24) is 5.32 Å². The van der Waals surface area contributed by atoms with Gasteiger partial charge in [-0.2, -0.15) is 0 Å². The number of aryl methyl sites for hydroxylation is 1. The molecule has 1 rings (SSSR count). The van der Waals surface area contributed by atoms with Crippen LogP contribution in [0.1, 0.15) is 41.6 Å². The molecule has 0 bridgehead atoms. The van der Waals surface area contributed by atoms with E-state index in [1.54, 1.807) is 12.1 Å². The van der Waals surface area contributed by atoms with Gasteiger partial charge in [0.05, 0.1) is 0 Å². The second kappa shape index (κ2) is 7.71. The Bertz CT molecular complexity index is 391. The summed E-state index contributed by atoms with van der Waals surface area (Å²) in [5, 5.41) is 12.2. The van der Waals surface area contributed by atoms with Crippen LogP contribution in [-0.2, 0) is 0 Å². The third kappa shape index (κ3) is 4.75. The summed E-state index contributed by atoms with van der Waals surface area (Å²) in [6, 6.07) is 4.77. The topological polar surface area (TPSA) is 75.3 Å². The van der Waals surface area contributed by atoms with Crippen LogP contribution in [0.25, 0.3) is 0 Å². The smallest absolute Gasteiger partial charge is 0.251 e. The van der Waals surface area contributed by atoms with E-state index in [-0.39, 0.29) is 11.7 Å². The number of nitrogens with one attached hydrogen (secondary N) is 1. The van der Waals surface area contributed by atoms with E-state index in [2.05, 4.69) is 5.32 Å². The molecule has 0 aromatic heterocycles. The van der Waals surface area contributed by atoms with Gasteiger partial charge in [-0.15, -0.1) is 0 Å². The average Bonchev–Trinajstić information content (AvgIpc) is 2.33. The van der Waals surface area contributed by atoms with E-state index in [9.17, 15) is 9.90 Å². The SMILES string of the molecule is Cc1cc(O)ccc1C(=O)NCCCCCCN.